The van der Waals surface area contributed by atoms with Crippen LogP contribution in [-0.2, 0) is 0 Å². The smallest absolute Gasteiger partial charge is 0.0101 e. The molecule has 0 aromatic carbocycles. The van der Waals surface area contributed by atoms with Crippen molar-refractivity contribution in [2.24, 2.45) is 17.8 Å². The molecule has 1 nitrogen and oxygen atoms in total. The number of rotatable bonds is 3. The molecule has 0 radical (unpaired) electrons. The Morgan fingerprint density at radius 2 is 2.00 bits per heavy atom. The summed E-state index contributed by atoms with van der Waals surface area (Å²) >= 11 is 0. The Hall–Kier alpha value is -0.0400. The van der Waals surface area contributed by atoms with Gasteiger partial charge in [-0.1, -0.05) is 12.8 Å². The van der Waals surface area contributed by atoms with Gasteiger partial charge in [0.2, 0.25) is 0 Å². The molecule has 3 aliphatic rings. The summed E-state index contributed by atoms with van der Waals surface area (Å²) in [5.74, 6) is 3.23. The quantitative estimate of drug-likeness (QED) is 0.702. The predicted octanol–water partition coefficient (Wildman–Crippen LogP) is 2.56. The number of hydrogen-bond acceptors (Lipinski definition) is 1. The highest BCUT2D eigenvalue weighted by Crippen LogP contribution is 2.50. The summed E-state index contributed by atoms with van der Waals surface area (Å²) in [5.41, 5.74) is 0. The van der Waals surface area contributed by atoms with Gasteiger partial charge in [-0.15, -0.1) is 0 Å². The van der Waals surface area contributed by atoms with Crippen LogP contribution in [0.1, 0.15) is 45.4 Å². The first-order chi connectivity index (χ1) is 6.34. The van der Waals surface area contributed by atoms with Gasteiger partial charge in [0.05, 0.1) is 0 Å². The first-order valence-corrected chi connectivity index (χ1v) is 6.10. The maximum absolute atomic E-state index is 3.87. The van der Waals surface area contributed by atoms with Crippen LogP contribution < -0.4 is 5.32 Å². The second-order valence-corrected chi connectivity index (χ2v) is 5.49. The molecular formula is C12H21N. The van der Waals surface area contributed by atoms with Crippen LogP contribution in [0.4, 0.5) is 0 Å². The first kappa shape index (κ1) is 8.28. The minimum atomic E-state index is 0.810. The Kier molecular flexibility index (Phi) is 1.90. The van der Waals surface area contributed by atoms with E-state index in [2.05, 4.69) is 12.2 Å². The lowest BCUT2D eigenvalue weighted by atomic mass is 9.94. The molecule has 3 aliphatic carbocycles. The third-order valence-electron chi connectivity index (χ3n) is 4.39. The number of fused-ring (bicyclic) bond motifs is 1. The highest BCUT2D eigenvalue weighted by atomic mass is 15.0. The Labute approximate surface area is 81.3 Å². The van der Waals surface area contributed by atoms with Crippen LogP contribution in [0.15, 0.2) is 0 Å². The van der Waals surface area contributed by atoms with Crippen molar-refractivity contribution in [1.82, 2.24) is 5.32 Å². The van der Waals surface area contributed by atoms with Crippen LogP contribution in [-0.4, -0.2) is 12.1 Å². The molecule has 0 spiro atoms. The van der Waals surface area contributed by atoms with E-state index >= 15 is 0 Å². The van der Waals surface area contributed by atoms with Crippen LogP contribution in [0, 0.1) is 17.8 Å². The normalized spacial score (nSPS) is 45.5. The van der Waals surface area contributed by atoms with Gasteiger partial charge in [-0.25, -0.2) is 0 Å². The van der Waals surface area contributed by atoms with Gasteiger partial charge >= 0.3 is 0 Å². The molecule has 3 fully saturated rings. The van der Waals surface area contributed by atoms with E-state index in [1.54, 1.807) is 0 Å². The van der Waals surface area contributed by atoms with Gasteiger partial charge in [-0.3, -0.25) is 0 Å². The van der Waals surface area contributed by atoms with Crippen molar-refractivity contribution in [3.63, 3.8) is 0 Å². The van der Waals surface area contributed by atoms with E-state index in [0.717, 1.165) is 29.8 Å². The van der Waals surface area contributed by atoms with Crippen LogP contribution >= 0.6 is 0 Å². The summed E-state index contributed by atoms with van der Waals surface area (Å²) < 4.78 is 0. The molecule has 3 rings (SSSR count). The van der Waals surface area contributed by atoms with E-state index < -0.39 is 0 Å². The number of hydrogen-bond donors (Lipinski definition) is 1. The largest absolute Gasteiger partial charge is 0.311 e. The van der Waals surface area contributed by atoms with E-state index in [9.17, 15) is 0 Å². The average molecular weight is 179 g/mol. The molecule has 1 heteroatoms. The van der Waals surface area contributed by atoms with Crippen molar-refractivity contribution < 1.29 is 0 Å². The van der Waals surface area contributed by atoms with Crippen LogP contribution in [0.5, 0.6) is 0 Å². The topological polar surface area (TPSA) is 12.0 Å². The minimum Gasteiger partial charge on any atom is -0.311 e. The van der Waals surface area contributed by atoms with Crippen LogP contribution in [0.3, 0.4) is 0 Å². The molecule has 74 valence electrons. The molecule has 0 heterocycles. The molecule has 2 unspecified atom stereocenters. The van der Waals surface area contributed by atoms with Gasteiger partial charge in [0, 0.05) is 12.1 Å². The molecule has 0 amide bonds. The fourth-order valence-electron chi connectivity index (χ4n) is 3.19. The zero-order valence-corrected chi connectivity index (χ0v) is 8.63. The third kappa shape index (κ3) is 1.63. The van der Waals surface area contributed by atoms with E-state index in [4.69, 9.17) is 0 Å². The van der Waals surface area contributed by atoms with Gasteiger partial charge in [-0.2, -0.15) is 0 Å². The van der Waals surface area contributed by atoms with Gasteiger partial charge in [0.25, 0.3) is 0 Å². The third-order valence-corrected chi connectivity index (χ3v) is 4.39. The molecule has 0 aromatic rings. The molecule has 0 aliphatic heterocycles. The lowest BCUT2D eigenvalue weighted by Crippen LogP contribution is -2.40. The monoisotopic (exact) mass is 179 g/mol. The van der Waals surface area contributed by atoms with Crippen molar-refractivity contribution >= 4 is 0 Å². The molecule has 0 aromatic heterocycles. The highest BCUT2D eigenvalue weighted by Gasteiger charge is 2.45. The Bertz CT molecular complexity index is 197. The second kappa shape index (κ2) is 2.98. The average Bonchev–Trinajstić information content (AvgIpc) is 3.00. The Morgan fingerprint density at radius 3 is 2.77 bits per heavy atom. The van der Waals surface area contributed by atoms with E-state index in [1.807, 2.05) is 0 Å². The zero-order chi connectivity index (χ0) is 8.84. The molecular weight excluding hydrogens is 158 g/mol. The summed E-state index contributed by atoms with van der Waals surface area (Å²) in [6.07, 6.45) is 8.97. The minimum absolute atomic E-state index is 0.810. The fourth-order valence-corrected chi connectivity index (χ4v) is 3.19. The summed E-state index contributed by atoms with van der Waals surface area (Å²) in [6, 6.07) is 1.71. The Morgan fingerprint density at radius 1 is 1.15 bits per heavy atom. The molecule has 1 N–H and O–H groups in total. The molecule has 0 bridgehead atoms. The van der Waals surface area contributed by atoms with Gasteiger partial charge in [0.1, 0.15) is 0 Å². The summed E-state index contributed by atoms with van der Waals surface area (Å²) in [4.78, 5) is 0. The maximum Gasteiger partial charge on any atom is 0.0101 e. The molecule has 3 saturated carbocycles. The summed E-state index contributed by atoms with van der Waals surface area (Å²) in [7, 11) is 0. The summed E-state index contributed by atoms with van der Waals surface area (Å²) in [5, 5.41) is 3.87. The second-order valence-electron chi connectivity index (χ2n) is 5.49. The van der Waals surface area contributed by atoms with Gasteiger partial charge in [0.15, 0.2) is 0 Å². The van der Waals surface area contributed by atoms with Gasteiger partial charge in [-0.05, 0) is 50.4 Å². The standard InChI is InChI=1S/C12H21N/c1-8(9-5-6-9)13-12-4-2-3-10-7-11(10)12/h8-13H,2-7H2,1H3/t8?,10-,11+,12?/m0/s1. The molecule has 0 saturated heterocycles. The van der Waals surface area contributed by atoms with Crippen molar-refractivity contribution in [2.45, 2.75) is 57.5 Å². The highest BCUT2D eigenvalue weighted by molar-refractivity contribution is 5.00. The van der Waals surface area contributed by atoms with Crippen molar-refractivity contribution in [2.75, 3.05) is 0 Å². The van der Waals surface area contributed by atoms with Crippen LogP contribution in [0.25, 0.3) is 0 Å². The Balaban J connectivity index is 1.53. The molecule has 4 atom stereocenters. The van der Waals surface area contributed by atoms with Crippen molar-refractivity contribution in [1.29, 1.82) is 0 Å². The van der Waals surface area contributed by atoms with Crippen molar-refractivity contribution in [3.8, 4) is 0 Å². The SMILES string of the molecule is CC(NC1CCC[C@H]2C[C@@H]12)C1CC1. The predicted molar refractivity (Wildman–Crippen MR) is 54.6 cm³/mol. The summed E-state index contributed by atoms with van der Waals surface area (Å²) in [6.45, 7) is 2.39. The van der Waals surface area contributed by atoms with E-state index in [-0.39, 0.29) is 0 Å². The van der Waals surface area contributed by atoms with Gasteiger partial charge < -0.3 is 5.32 Å². The van der Waals surface area contributed by atoms with Crippen molar-refractivity contribution in [3.05, 3.63) is 0 Å². The van der Waals surface area contributed by atoms with E-state index in [0.29, 0.717) is 0 Å². The maximum atomic E-state index is 3.87. The lowest BCUT2D eigenvalue weighted by molar-refractivity contribution is 0.314. The van der Waals surface area contributed by atoms with Crippen LogP contribution in [0.2, 0.25) is 0 Å². The first-order valence-electron chi connectivity index (χ1n) is 6.10. The van der Waals surface area contributed by atoms with E-state index in [1.165, 1.54) is 38.5 Å². The zero-order valence-electron chi connectivity index (χ0n) is 8.63. The number of nitrogens with one attached hydrogen (secondary N) is 1. The lowest BCUT2D eigenvalue weighted by Gasteiger charge is -2.26. The fraction of sp³-hybridized carbons (Fsp3) is 1.00. The molecule has 13 heavy (non-hydrogen) atoms.